The SMILES string of the molecule is C=C(NC(C)=S)c1c[nH]c(C(=C)N2CCCCC2NC)c1. The largest absolute Gasteiger partial charge is 0.359 e. The van der Waals surface area contributed by atoms with E-state index < -0.39 is 0 Å². The van der Waals surface area contributed by atoms with Gasteiger partial charge in [0.05, 0.1) is 22.5 Å². The summed E-state index contributed by atoms with van der Waals surface area (Å²) in [4.78, 5) is 6.34. The van der Waals surface area contributed by atoms with E-state index in [-0.39, 0.29) is 0 Å². The molecule has 2 heterocycles. The van der Waals surface area contributed by atoms with Crippen LogP contribution >= 0.6 is 12.2 Å². The summed E-state index contributed by atoms with van der Waals surface area (Å²) in [5.74, 6) is 0. The Labute approximate surface area is 132 Å². The predicted molar refractivity (Wildman–Crippen MR) is 93.7 cm³/mol. The van der Waals surface area contributed by atoms with E-state index in [1.807, 2.05) is 20.2 Å². The molecule has 114 valence electrons. The van der Waals surface area contributed by atoms with E-state index >= 15 is 0 Å². The Morgan fingerprint density at radius 1 is 1.43 bits per heavy atom. The molecule has 0 saturated carbocycles. The van der Waals surface area contributed by atoms with Crippen molar-refractivity contribution in [3.05, 3.63) is 36.7 Å². The van der Waals surface area contributed by atoms with Crippen LogP contribution < -0.4 is 10.6 Å². The highest BCUT2D eigenvalue weighted by atomic mass is 32.1. The Hall–Kier alpha value is -1.59. The van der Waals surface area contributed by atoms with Crippen LogP contribution in [-0.4, -0.2) is 34.6 Å². The van der Waals surface area contributed by atoms with Crippen molar-refractivity contribution < 1.29 is 0 Å². The molecule has 0 aliphatic carbocycles. The van der Waals surface area contributed by atoms with Gasteiger partial charge in [-0.15, -0.1) is 0 Å². The number of likely N-dealkylation sites (tertiary alicyclic amines) is 1. The van der Waals surface area contributed by atoms with E-state index in [1.54, 1.807) is 0 Å². The van der Waals surface area contributed by atoms with Gasteiger partial charge >= 0.3 is 0 Å². The van der Waals surface area contributed by atoms with Gasteiger partial charge in [0.1, 0.15) is 0 Å². The van der Waals surface area contributed by atoms with Gasteiger partial charge in [-0.25, -0.2) is 0 Å². The van der Waals surface area contributed by atoms with Gasteiger partial charge in [-0.1, -0.05) is 25.4 Å². The molecule has 1 atom stereocenters. The van der Waals surface area contributed by atoms with E-state index in [9.17, 15) is 0 Å². The van der Waals surface area contributed by atoms with Crippen molar-refractivity contribution in [1.29, 1.82) is 0 Å². The lowest BCUT2D eigenvalue weighted by Crippen LogP contribution is -2.45. The van der Waals surface area contributed by atoms with E-state index in [4.69, 9.17) is 12.2 Å². The van der Waals surface area contributed by atoms with Crippen molar-refractivity contribution in [3.8, 4) is 0 Å². The summed E-state index contributed by atoms with van der Waals surface area (Å²) >= 11 is 5.05. The van der Waals surface area contributed by atoms with Gasteiger partial charge < -0.3 is 20.5 Å². The van der Waals surface area contributed by atoms with E-state index in [0.717, 1.165) is 35.6 Å². The standard InChI is InChI=1S/C16H24N4S/c1-11(19-13(3)21)14-9-15(18-10-14)12(2)20-8-6-5-7-16(20)17-4/h9-10,16-18H,1-2,5-8H2,3-4H3,(H,19,21). The first-order valence-corrected chi connectivity index (χ1v) is 7.72. The fraction of sp³-hybridized carbons (Fsp3) is 0.438. The van der Waals surface area contributed by atoms with Crippen LogP contribution in [0.1, 0.15) is 37.4 Å². The first-order valence-electron chi connectivity index (χ1n) is 7.31. The average Bonchev–Trinajstić information content (AvgIpc) is 2.95. The molecule has 0 amide bonds. The van der Waals surface area contributed by atoms with Crippen LogP contribution in [0.4, 0.5) is 0 Å². The fourth-order valence-electron chi connectivity index (χ4n) is 2.73. The molecule has 1 fully saturated rings. The summed E-state index contributed by atoms with van der Waals surface area (Å²) in [5, 5.41) is 6.44. The van der Waals surface area contributed by atoms with Gasteiger partial charge in [-0.2, -0.15) is 0 Å². The molecule has 1 unspecified atom stereocenters. The van der Waals surface area contributed by atoms with Gasteiger partial charge in [0.25, 0.3) is 0 Å². The lowest BCUT2D eigenvalue weighted by atomic mass is 10.1. The second kappa shape index (κ2) is 6.91. The molecule has 0 bridgehead atoms. The van der Waals surface area contributed by atoms with Gasteiger partial charge in [-0.3, -0.25) is 0 Å². The maximum absolute atomic E-state index is 5.05. The summed E-state index contributed by atoms with van der Waals surface area (Å²) < 4.78 is 0. The molecule has 0 spiro atoms. The highest BCUT2D eigenvalue weighted by Gasteiger charge is 2.23. The molecule has 21 heavy (non-hydrogen) atoms. The number of nitrogens with zero attached hydrogens (tertiary/aromatic N) is 1. The van der Waals surface area contributed by atoms with Gasteiger partial charge in [0.2, 0.25) is 0 Å². The maximum atomic E-state index is 5.05. The minimum Gasteiger partial charge on any atom is -0.359 e. The number of rotatable bonds is 5. The maximum Gasteiger partial charge on any atom is 0.0793 e. The Morgan fingerprint density at radius 2 is 2.19 bits per heavy atom. The van der Waals surface area contributed by atoms with Gasteiger partial charge in [-0.05, 0) is 39.3 Å². The number of aromatic nitrogens is 1. The first kappa shape index (κ1) is 15.8. The van der Waals surface area contributed by atoms with Crippen molar-refractivity contribution in [2.24, 2.45) is 0 Å². The molecule has 1 aliphatic heterocycles. The predicted octanol–water partition coefficient (Wildman–Crippen LogP) is 2.92. The lowest BCUT2D eigenvalue weighted by molar-refractivity contribution is 0.201. The van der Waals surface area contributed by atoms with Crippen molar-refractivity contribution in [3.63, 3.8) is 0 Å². The monoisotopic (exact) mass is 304 g/mol. The van der Waals surface area contributed by atoms with Gasteiger partial charge in [0, 0.05) is 24.0 Å². The highest BCUT2D eigenvalue weighted by molar-refractivity contribution is 7.80. The molecule has 1 aromatic heterocycles. The zero-order chi connectivity index (χ0) is 15.4. The normalized spacial score (nSPS) is 18.4. The van der Waals surface area contributed by atoms with E-state index in [2.05, 4.69) is 39.7 Å². The zero-order valence-electron chi connectivity index (χ0n) is 12.8. The summed E-state index contributed by atoms with van der Waals surface area (Å²) in [6, 6.07) is 2.07. The molecule has 0 radical (unpaired) electrons. The second-order valence-corrected chi connectivity index (χ2v) is 6.01. The Morgan fingerprint density at radius 3 is 2.86 bits per heavy atom. The summed E-state index contributed by atoms with van der Waals surface area (Å²) in [5.41, 5.74) is 3.86. The van der Waals surface area contributed by atoms with Crippen molar-refractivity contribution in [2.75, 3.05) is 13.6 Å². The molecular formula is C16H24N4S. The molecule has 2 rings (SSSR count). The molecule has 1 aromatic rings. The Balaban J connectivity index is 2.11. The van der Waals surface area contributed by atoms with Crippen molar-refractivity contribution in [1.82, 2.24) is 20.5 Å². The fourth-order valence-corrected chi connectivity index (χ4v) is 2.85. The van der Waals surface area contributed by atoms with E-state index in [1.165, 1.54) is 12.8 Å². The van der Waals surface area contributed by atoms with Crippen molar-refractivity contribution in [2.45, 2.75) is 32.4 Å². The first-order chi connectivity index (χ1) is 10.0. The molecule has 0 aromatic carbocycles. The number of hydrogen-bond acceptors (Lipinski definition) is 3. The second-order valence-electron chi connectivity index (χ2n) is 5.40. The number of nitrogens with one attached hydrogen (secondary N) is 3. The summed E-state index contributed by atoms with van der Waals surface area (Å²) in [7, 11) is 2.00. The summed E-state index contributed by atoms with van der Waals surface area (Å²) in [6.45, 7) is 11.2. The van der Waals surface area contributed by atoms with Crippen LogP contribution in [0.5, 0.6) is 0 Å². The molecule has 1 saturated heterocycles. The smallest absolute Gasteiger partial charge is 0.0793 e. The van der Waals surface area contributed by atoms with E-state index in [0.29, 0.717) is 11.2 Å². The Kier molecular flexibility index (Phi) is 5.20. The molecule has 5 heteroatoms. The van der Waals surface area contributed by atoms with Crippen LogP contribution in [-0.2, 0) is 0 Å². The van der Waals surface area contributed by atoms with Crippen LogP contribution in [0.3, 0.4) is 0 Å². The number of hydrogen-bond donors (Lipinski definition) is 3. The third-order valence-corrected chi connectivity index (χ3v) is 3.95. The third-order valence-electron chi connectivity index (χ3n) is 3.85. The zero-order valence-corrected chi connectivity index (χ0v) is 13.6. The van der Waals surface area contributed by atoms with Crippen LogP contribution in [0.15, 0.2) is 25.4 Å². The molecule has 4 nitrogen and oxygen atoms in total. The Bertz CT molecular complexity index is 546. The van der Waals surface area contributed by atoms with Crippen molar-refractivity contribution >= 4 is 28.6 Å². The third kappa shape index (κ3) is 3.74. The minimum absolute atomic E-state index is 0.363. The van der Waals surface area contributed by atoms with Crippen LogP contribution in [0.2, 0.25) is 0 Å². The molecular weight excluding hydrogens is 280 g/mol. The average molecular weight is 304 g/mol. The topological polar surface area (TPSA) is 43.1 Å². The van der Waals surface area contributed by atoms with Gasteiger partial charge in [0.15, 0.2) is 0 Å². The van der Waals surface area contributed by atoms with Crippen LogP contribution in [0, 0.1) is 0 Å². The molecule has 1 aliphatic rings. The number of H-pyrrole nitrogens is 1. The number of aromatic amines is 1. The number of thiocarbonyl (C=S) groups is 1. The number of piperidine rings is 1. The summed E-state index contributed by atoms with van der Waals surface area (Å²) in [6.07, 6.45) is 5.93. The molecule has 3 N–H and O–H groups in total. The minimum atomic E-state index is 0.363. The highest BCUT2D eigenvalue weighted by Crippen LogP contribution is 2.26. The van der Waals surface area contributed by atoms with Crippen LogP contribution in [0.25, 0.3) is 11.4 Å². The quantitative estimate of drug-likeness (QED) is 0.732. The lowest BCUT2D eigenvalue weighted by Gasteiger charge is -2.38.